The highest BCUT2D eigenvalue weighted by molar-refractivity contribution is 5.73. The molecule has 0 aliphatic carbocycles. The van der Waals surface area contributed by atoms with Crippen LogP contribution in [-0.4, -0.2) is 11.1 Å². The molecular weight excluding hydrogens is 260 g/mol. The Morgan fingerprint density at radius 1 is 1.00 bits per heavy atom. The highest BCUT2D eigenvalue weighted by Gasteiger charge is 2.44. The van der Waals surface area contributed by atoms with Crippen molar-refractivity contribution in [1.82, 2.24) is 0 Å². The number of carboxylic acids is 1. The Morgan fingerprint density at radius 3 is 1.81 bits per heavy atom. The Morgan fingerprint density at radius 2 is 1.48 bits per heavy atom. The van der Waals surface area contributed by atoms with Crippen LogP contribution in [0.2, 0.25) is 0 Å². The third kappa shape index (κ3) is 5.84. The van der Waals surface area contributed by atoms with Crippen molar-refractivity contribution in [3.05, 3.63) is 12.2 Å². The van der Waals surface area contributed by atoms with Crippen LogP contribution in [-0.2, 0) is 4.79 Å². The maximum absolute atomic E-state index is 11.5. The fraction of sp³-hybridized carbons (Fsp3) is 0.842. The molecule has 1 unspecified atom stereocenters. The van der Waals surface area contributed by atoms with Crippen LogP contribution in [0.3, 0.4) is 0 Å². The minimum atomic E-state index is -0.711. The number of rotatable bonds is 7. The number of aliphatic carboxylic acids is 1. The molecule has 0 aromatic rings. The molecule has 0 saturated heterocycles. The molecule has 0 heterocycles. The third-order valence-corrected chi connectivity index (χ3v) is 5.01. The zero-order valence-corrected chi connectivity index (χ0v) is 15.6. The first-order chi connectivity index (χ1) is 9.17. The molecule has 0 radical (unpaired) electrons. The van der Waals surface area contributed by atoms with E-state index in [4.69, 9.17) is 0 Å². The van der Waals surface area contributed by atoms with Crippen LogP contribution in [0.5, 0.6) is 0 Å². The van der Waals surface area contributed by atoms with Gasteiger partial charge in [-0.25, -0.2) is 0 Å². The minimum absolute atomic E-state index is 0.0281. The number of hydrogen-bond acceptors (Lipinski definition) is 1. The van der Waals surface area contributed by atoms with E-state index in [0.717, 1.165) is 12.8 Å². The second-order valence-corrected chi connectivity index (χ2v) is 9.17. The van der Waals surface area contributed by atoms with Crippen LogP contribution >= 0.6 is 0 Å². The summed E-state index contributed by atoms with van der Waals surface area (Å²) in [7, 11) is 0. The van der Waals surface area contributed by atoms with Crippen LogP contribution in [0.4, 0.5) is 0 Å². The van der Waals surface area contributed by atoms with E-state index >= 15 is 0 Å². The predicted octanol–water partition coefficient (Wildman–Crippen LogP) is 5.92. The average Bonchev–Trinajstić information content (AvgIpc) is 2.25. The molecule has 0 aliphatic rings. The van der Waals surface area contributed by atoms with Gasteiger partial charge < -0.3 is 5.11 Å². The van der Waals surface area contributed by atoms with Crippen molar-refractivity contribution in [1.29, 1.82) is 0 Å². The van der Waals surface area contributed by atoms with Gasteiger partial charge in [-0.3, -0.25) is 4.79 Å². The van der Waals surface area contributed by atoms with Crippen molar-refractivity contribution in [3.63, 3.8) is 0 Å². The molecule has 0 fully saturated rings. The lowest BCUT2D eigenvalue weighted by molar-refractivity contribution is -0.149. The Kier molecular flexibility index (Phi) is 6.29. The fourth-order valence-corrected chi connectivity index (χ4v) is 2.77. The SMILES string of the molecule is CCC(C)(CC(C)(C)C(=O)O)C(C)(C)C=CCC(C)(C)C. The van der Waals surface area contributed by atoms with Gasteiger partial charge in [-0.15, -0.1) is 0 Å². The smallest absolute Gasteiger partial charge is 0.309 e. The Bertz CT molecular complexity index is 383. The highest BCUT2D eigenvalue weighted by Crippen LogP contribution is 2.50. The first kappa shape index (κ1) is 20.2. The maximum atomic E-state index is 11.5. The van der Waals surface area contributed by atoms with Crippen LogP contribution in [0.1, 0.15) is 81.6 Å². The largest absolute Gasteiger partial charge is 0.481 e. The number of allylic oxidation sites excluding steroid dienone is 2. The molecule has 0 bridgehead atoms. The minimum Gasteiger partial charge on any atom is -0.481 e. The zero-order valence-electron chi connectivity index (χ0n) is 15.6. The molecule has 0 amide bonds. The summed E-state index contributed by atoms with van der Waals surface area (Å²) >= 11 is 0. The summed E-state index contributed by atoms with van der Waals surface area (Å²) in [5.74, 6) is -0.711. The molecule has 124 valence electrons. The normalized spacial score (nSPS) is 17.0. The van der Waals surface area contributed by atoms with Crippen molar-refractivity contribution < 1.29 is 9.90 Å². The second kappa shape index (κ2) is 6.54. The third-order valence-electron chi connectivity index (χ3n) is 5.01. The first-order valence-corrected chi connectivity index (χ1v) is 8.08. The number of carbonyl (C=O) groups is 1. The van der Waals surface area contributed by atoms with Gasteiger partial charge in [-0.05, 0) is 49.4 Å². The lowest BCUT2D eigenvalue weighted by Gasteiger charge is -2.45. The van der Waals surface area contributed by atoms with Gasteiger partial charge in [0.05, 0.1) is 5.41 Å². The molecule has 1 atom stereocenters. The Balaban J connectivity index is 5.25. The predicted molar refractivity (Wildman–Crippen MR) is 91.4 cm³/mol. The van der Waals surface area contributed by atoms with E-state index in [1.54, 1.807) is 0 Å². The lowest BCUT2D eigenvalue weighted by Crippen LogP contribution is -2.40. The summed E-state index contributed by atoms with van der Waals surface area (Å²) in [6.45, 7) is 19.2. The zero-order chi connectivity index (χ0) is 17.1. The quantitative estimate of drug-likeness (QED) is 0.592. The molecule has 0 aromatic carbocycles. The average molecular weight is 296 g/mol. The number of hydrogen-bond donors (Lipinski definition) is 1. The monoisotopic (exact) mass is 296 g/mol. The van der Waals surface area contributed by atoms with Gasteiger partial charge in [0.1, 0.15) is 0 Å². The van der Waals surface area contributed by atoms with Gasteiger partial charge in [-0.2, -0.15) is 0 Å². The van der Waals surface area contributed by atoms with Gasteiger partial charge >= 0.3 is 5.97 Å². The number of carboxylic acid groups (broad SMARTS) is 1. The van der Waals surface area contributed by atoms with Crippen molar-refractivity contribution >= 4 is 5.97 Å². The summed E-state index contributed by atoms with van der Waals surface area (Å²) in [6, 6.07) is 0. The summed E-state index contributed by atoms with van der Waals surface area (Å²) in [4.78, 5) is 11.5. The van der Waals surface area contributed by atoms with E-state index in [-0.39, 0.29) is 16.2 Å². The van der Waals surface area contributed by atoms with E-state index in [1.165, 1.54) is 0 Å². The standard InChI is InChI=1S/C19H36O2/c1-10-19(9,14-17(5,6)15(20)21)18(7,8)13-11-12-16(2,3)4/h11,13H,10,12,14H2,1-9H3,(H,20,21). The van der Waals surface area contributed by atoms with Crippen LogP contribution in [0, 0.1) is 21.7 Å². The van der Waals surface area contributed by atoms with Crippen LogP contribution in [0.25, 0.3) is 0 Å². The topological polar surface area (TPSA) is 37.3 Å². The summed E-state index contributed by atoms with van der Waals surface area (Å²) in [6.07, 6.45) is 7.25. The Labute approximate surface area is 132 Å². The van der Waals surface area contributed by atoms with E-state index in [2.05, 4.69) is 60.6 Å². The van der Waals surface area contributed by atoms with Crippen molar-refractivity contribution in [2.45, 2.75) is 81.6 Å². The van der Waals surface area contributed by atoms with Crippen molar-refractivity contribution in [2.75, 3.05) is 0 Å². The van der Waals surface area contributed by atoms with Gasteiger partial charge in [0, 0.05) is 0 Å². The van der Waals surface area contributed by atoms with E-state index in [0.29, 0.717) is 6.42 Å². The molecule has 0 rings (SSSR count). The summed E-state index contributed by atoms with van der Waals surface area (Å²) < 4.78 is 0. The molecule has 1 N–H and O–H groups in total. The molecule has 2 heteroatoms. The molecule has 0 saturated carbocycles. The molecule has 21 heavy (non-hydrogen) atoms. The van der Waals surface area contributed by atoms with E-state index in [1.807, 2.05) is 13.8 Å². The van der Waals surface area contributed by atoms with Gasteiger partial charge in [0.25, 0.3) is 0 Å². The first-order valence-electron chi connectivity index (χ1n) is 8.08. The van der Waals surface area contributed by atoms with Crippen molar-refractivity contribution in [2.24, 2.45) is 21.7 Å². The van der Waals surface area contributed by atoms with Gasteiger partial charge in [-0.1, -0.05) is 60.6 Å². The Hall–Kier alpha value is -0.790. The van der Waals surface area contributed by atoms with E-state index < -0.39 is 11.4 Å². The fourth-order valence-electron chi connectivity index (χ4n) is 2.77. The molecule has 0 spiro atoms. The summed E-state index contributed by atoms with van der Waals surface area (Å²) in [5, 5.41) is 9.43. The second-order valence-electron chi connectivity index (χ2n) is 9.17. The van der Waals surface area contributed by atoms with Crippen LogP contribution in [0.15, 0.2) is 12.2 Å². The molecule has 2 nitrogen and oxygen atoms in total. The summed E-state index contributed by atoms with van der Waals surface area (Å²) in [5.41, 5.74) is -0.474. The van der Waals surface area contributed by atoms with E-state index in [9.17, 15) is 9.90 Å². The molecule has 0 aromatic heterocycles. The lowest BCUT2D eigenvalue weighted by atomic mass is 9.58. The highest BCUT2D eigenvalue weighted by atomic mass is 16.4. The van der Waals surface area contributed by atoms with Crippen LogP contribution < -0.4 is 0 Å². The van der Waals surface area contributed by atoms with Gasteiger partial charge in [0.2, 0.25) is 0 Å². The molecule has 0 aliphatic heterocycles. The van der Waals surface area contributed by atoms with Crippen molar-refractivity contribution in [3.8, 4) is 0 Å². The maximum Gasteiger partial charge on any atom is 0.309 e. The molecular formula is C19H36O2. The van der Waals surface area contributed by atoms with Gasteiger partial charge in [0.15, 0.2) is 0 Å².